The Hall–Kier alpha value is -3.15. The summed E-state index contributed by atoms with van der Waals surface area (Å²) in [6.07, 6.45) is 4.12. The molecule has 0 aliphatic heterocycles. The minimum atomic E-state index is -3.85. The fraction of sp³-hybridized carbons (Fsp3) is 0.182. The Kier molecular flexibility index (Phi) is 7.80. The molecule has 0 aliphatic rings. The first kappa shape index (κ1) is 25.5. The van der Waals surface area contributed by atoms with Crippen LogP contribution >= 0.6 is 11.6 Å². The SMILES string of the molecule is CC[C@@H](C(=O)Nc1ccc(S(=O)(=O)Nc2cccnc2)cc1)N(c1ccc(Cl)cc1)S(C)(=O)=O. The van der Waals surface area contributed by atoms with Crippen LogP contribution in [0, 0.1) is 0 Å². The highest BCUT2D eigenvalue weighted by molar-refractivity contribution is 7.92. The first-order valence-corrected chi connectivity index (χ1v) is 13.8. The Morgan fingerprint density at radius 2 is 1.65 bits per heavy atom. The zero-order valence-corrected chi connectivity index (χ0v) is 20.7. The molecule has 0 saturated carbocycles. The van der Waals surface area contributed by atoms with Crippen molar-refractivity contribution >= 4 is 54.6 Å². The van der Waals surface area contributed by atoms with E-state index >= 15 is 0 Å². The molecule has 0 spiro atoms. The van der Waals surface area contributed by atoms with E-state index in [1.165, 1.54) is 48.8 Å². The second kappa shape index (κ2) is 10.4. The summed E-state index contributed by atoms with van der Waals surface area (Å²) < 4.78 is 53.6. The first-order chi connectivity index (χ1) is 16.0. The van der Waals surface area contributed by atoms with Crippen molar-refractivity contribution in [2.45, 2.75) is 24.3 Å². The van der Waals surface area contributed by atoms with Gasteiger partial charge >= 0.3 is 0 Å². The maximum absolute atomic E-state index is 13.0. The molecule has 0 radical (unpaired) electrons. The van der Waals surface area contributed by atoms with Gasteiger partial charge in [-0.1, -0.05) is 18.5 Å². The quantitative estimate of drug-likeness (QED) is 0.441. The van der Waals surface area contributed by atoms with Crippen LogP contribution in [0.25, 0.3) is 0 Å². The lowest BCUT2D eigenvalue weighted by molar-refractivity contribution is -0.117. The average Bonchev–Trinajstić information content (AvgIpc) is 2.78. The summed E-state index contributed by atoms with van der Waals surface area (Å²) in [6.45, 7) is 1.69. The van der Waals surface area contributed by atoms with E-state index in [2.05, 4.69) is 15.0 Å². The molecule has 2 aromatic carbocycles. The number of halogens is 1. The summed E-state index contributed by atoms with van der Waals surface area (Å²) in [5, 5.41) is 3.09. The van der Waals surface area contributed by atoms with E-state index in [0.29, 0.717) is 22.1 Å². The Morgan fingerprint density at radius 3 is 2.18 bits per heavy atom. The summed E-state index contributed by atoms with van der Waals surface area (Å²) in [5.74, 6) is -0.563. The van der Waals surface area contributed by atoms with Crippen LogP contribution in [0.4, 0.5) is 17.1 Å². The van der Waals surface area contributed by atoms with Gasteiger partial charge in [0.1, 0.15) is 6.04 Å². The Balaban J connectivity index is 1.79. The Morgan fingerprint density at radius 1 is 1.00 bits per heavy atom. The number of pyridine rings is 1. The molecule has 9 nitrogen and oxygen atoms in total. The molecular formula is C22H23ClN4O5S2. The number of hydrogen-bond acceptors (Lipinski definition) is 6. The van der Waals surface area contributed by atoms with Gasteiger partial charge in [0.05, 0.1) is 28.7 Å². The predicted octanol–water partition coefficient (Wildman–Crippen LogP) is 3.72. The molecule has 1 amide bonds. The van der Waals surface area contributed by atoms with Crippen LogP contribution in [0.2, 0.25) is 5.02 Å². The van der Waals surface area contributed by atoms with Gasteiger partial charge in [-0.15, -0.1) is 0 Å². The average molecular weight is 523 g/mol. The minimum Gasteiger partial charge on any atom is -0.324 e. The summed E-state index contributed by atoms with van der Waals surface area (Å²) in [5.41, 5.74) is 0.930. The van der Waals surface area contributed by atoms with Crippen LogP contribution in [-0.4, -0.2) is 40.0 Å². The predicted molar refractivity (Wildman–Crippen MR) is 133 cm³/mol. The van der Waals surface area contributed by atoms with Gasteiger partial charge in [0.25, 0.3) is 10.0 Å². The maximum atomic E-state index is 13.0. The van der Waals surface area contributed by atoms with Gasteiger partial charge in [-0.05, 0) is 67.1 Å². The topological polar surface area (TPSA) is 126 Å². The van der Waals surface area contributed by atoms with Gasteiger partial charge in [-0.3, -0.25) is 18.8 Å². The second-order valence-electron chi connectivity index (χ2n) is 7.32. The lowest BCUT2D eigenvalue weighted by atomic mass is 10.2. The summed E-state index contributed by atoms with van der Waals surface area (Å²) >= 11 is 5.91. The number of benzene rings is 2. The van der Waals surface area contributed by atoms with Crippen molar-refractivity contribution in [3.8, 4) is 0 Å². The van der Waals surface area contributed by atoms with Gasteiger partial charge < -0.3 is 5.32 Å². The molecule has 34 heavy (non-hydrogen) atoms. The van der Waals surface area contributed by atoms with E-state index < -0.39 is 32.0 Å². The lowest BCUT2D eigenvalue weighted by Crippen LogP contribution is -2.47. The Bertz CT molecular complexity index is 1350. The first-order valence-electron chi connectivity index (χ1n) is 10.1. The molecule has 1 heterocycles. The van der Waals surface area contributed by atoms with Crippen LogP contribution in [0.5, 0.6) is 0 Å². The molecule has 3 aromatic rings. The summed E-state index contributed by atoms with van der Waals surface area (Å²) in [4.78, 5) is 16.9. The molecule has 0 aliphatic carbocycles. The molecule has 2 N–H and O–H groups in total. The molecule has 0 unspecified atom stereocenters. The highest BCUT2D eigenvalue weighted by Gasteiger charge is 2.31. The van der Waals surface area contributed by atoms with E-state index in [9.17, 15) is 21.6 Å². The monoisotopic (exact) mass is 522 g/mol. The number of nitrogens with zero attached hydrogens (tertiary/aromatic N) is 2. The third-order valence-corrected chi connectivity index (χ3v) is 7.59. The highest BCUT2D eigenvalue weighted by Crippen LogP contribution is 2.25. The van der Waals surface area contributed by atoms with E-state index in [1.54, 1.807) is 31.2 Å². The van der Waals surface area contributed by atoms with Gasteiger partial charge in [0.15, 0.2) is 0 Å². The van der Waals surface area contributed by atoms with E-state index in [1.807, 2.05) is 0 Å². The number of rotatable bonds is 9. The number of carbonyl (C=O) groups excluding carboxylic acids is 1. The zero-order chi connectivity index (χ0) is 24.9. The van der Waals surface area contributed by atoms with Gasteiger partial charge in [-0.2, -0.15) is 0 Å². The molecule has 12 heteroatoms. The second-order valence-corrected chi connectivity index (χ2v) is 11.3. The molecule has 0 saturated heterocycles. The molecule has 3 rings (SSSR count). The van der Waals surface area contributed by atoms with Crippen molar-refractivity contribution < 1.29 is 21.6 Å². The van der Waals surface area contributed by atoms with Crippen molar-refractivity contribution in [1.82, 2.24) is 4.98 Å². The Labute approximate surface area is 203 Å². The van der Waals surface area contributed by atoms with E-state index in [4.69, 9.17) is 11.6 Å². The largest absolute Gasteiger partial charge is 0.324 e. The van der Waals surface area contributed by atoms with Gasteiger partial charge in [0, 0.05) is 16.9 Å². The zero-order valence-electron chi connectivity index (χ0n) is 18.3. The van der Waals surface area contributed by atoms with Crippen LogP contribution in [0.15, 0.2) is 78.0 Å². The number of amides is 1. The fourth-order valence-electron chi connectivity index (χ4n) is 3.23. The smallest absolute Gasteiger partial charge is 0.261 e. The van der Waals surface area contributed by atoms with Crippen LogP contribution in [0.1, 0.15) is 13.3 Å². The number of nitrogens with one attached hydrogen (secondary N) is 2. The molecule has 0 bridgehead atoms. The van der Waals surface area contributed by atoms with Crippen molar-refractivity contribution in [1.29, 1.82) is 0 Å². The molecule has 180 valence electrons. The summed E-state index contributed by atoms with van der Waals surface area (Å²) in [7, 11) is -7.65. The molecule has 1 atom stereocenters. The maximum Gasteiger partial charge on any atom is 0.261 e. The third kappa shape index (κ3) is 6.25. The molecular weight excluding hydrogens is 500 g/mol. The fourth-order valence-corrected chi connectivity index (χ4v) is 5.61. The van der Waals surface area contributed by atoms with Crippen molar-refractivity contribution in [2.75, 3.05) is 20.6 Å². The van der Waals surface area contributed by atoms with E-state index in [0.717, 1.165) is 10.6 Å². The minimum absolute atomic E-state index is 0.0136. The number of anilines is 3. The molecule has 1 aromatic heterocycles. The van der Waals surface area contributed by atoms with Crippen molar-refractivity contribution in [3.05, 3.63) is 78.1 Å². The van der Waals surface area contributed by atoms with Gasteiger partial charge in [-0.25, -0.2) is 16.8 Å². The van der Waals surface area contributed by atoms with Gasteiger partial charge in [0.2, 0.25) is 15.9 Å². The molecule has 0 fully saturated rings. The third-order valence-electron chi connectivity index (χ3n) is 4.76. The van der Waals surface area contributed by atoms with Crippen LogP contribution in [0.3, 0.4) is 0 Å². The van der Waals surface area contributed by atoms with Crippen LogP contribution in [-0.2, 0) is 24.8 Å². The lowest BCUT2D eigenvalue weighted by Gasteiger charge is -2.30. The standard InChI is InChI=1S/C22H23ClN4O5S2/c1-3-21(27(33(2,29)30)19-10-6-16(23)7-11-19)22(28)25-17-8-12-20(13-9-17)34(31,32)26-18-5-4-14-24-15-18/h4-15,21,26H,3H2,1-2H3,(H,25,28)/t21-/m0/s1. The van der Waals surface area contributed by atoms with Crippen LogP contribution < -0.4 is 14.3 Å². The highest BCUT2D eigenvalue weighted by atomic mass is 35.5. The number of aromatic nitrogens is 1. The number of sulfonamides is 2. The van der Waals surface area contributed by atoms with E-state index in [-0.39, 0.29) is 11.3 Å². The number of hydrogen-bond donors (Lipinski definition) is 2. The number of carbonyl (C=O) groups is 1. The normalized spacial score (nSPS) is 12.6. The summed E-state index contributed by atoms with van der Waals surface area (Å²) in [6, 6.07) is 13.8. The van der Waals surface area contributed by atoms with Crippen molar-refractivity contribution in [2.24, 2.45) is 0 Å². The van der Waals surface area contributed by atoms with Crippen molar-refractivity contribution in [3.63, 3.8) is 0 Å².